The Morgan fingerprint density at radius 3 is 2.94 bits per heavy atom. The lowest BCUT2D eigenvalue weighted by Gasteiger charge is -2.28. The van der Waals surface area contributed by atoms with E-state index >= 15 is 0 Å². The molecule has 100 valence electrons. The van der Waals surface area contributed by atoms with Crippen LogP contribution in [0, 0.1) is 0 Å². The maximum atomic E-state index is 12.2. The molecular formula is C13H21N3O2. The van der Waals surface area contributed by atoms with Crippen molar-refractivity contribution in [2.45, 2.75) is 32.5 Å². The Balaban J connectivity index is 2.47. The summed E-state index contributed by atoms with van der Waals surface area (Å²) in [5.74, 6) is 0. The van der Waals surface area contributed by atoms with Crippen LogP contribution in [0.2, 0.25) is 0 Å². The Kier molecular flexibility index (Phi) is 4.16. The van der Waals surface area contributed by atoms with Crippen molar-refractivity contribution in [1.29, 1.82) is 0 Å². The molecule has 0 atom stereocenters. The predicted octanol–water partition coefficient (Wildman–Crippen LogP) is -0.323. The molecule has 0 saturated carbocycles. The second-order valence-electron chi connectivity index (χ2n) is 4.87. The van der Waals surface area contributed by atoms with Gasteiger partial charge in [-0.3, -0.25) is 4.79 Å². The lowest BCUT2D eigenvalue weighted by molar-refractivity contribution is 0.273. The fourth-order valence-corrected chi connectivity index (χ4v) is 2.54. The van der Waals surface area contributed by atoms with E-state index in [-0.39, 0.29) is 18.7 Å². The van der Waals surface area contributed by atoms with Crippen LogP contribution in [-0.2, 0) is 26.1 Å². The lowest BCUT2D eigenvalue weighted by atomic mass is 10.0. The number of fused-ring (bicyclic) bond motifs is 1. The molecule has 1 aliphatic heterocycles. The number of aliphatic hydroxyl groups is 1. The molecule has 5 nitrogen and oxygen atoms in total. The number of nitrogens with two attached hydrogens (primary N) is 1. The number of likely N-dealkylation sites (N-methyl/N-ethyl adjacent to an activating group) is 1. The zero-order valence-corrected chi connectivity index (χ0v) is 10.9. The maximum Gasteiger partial charge on any atom is 0.255 e. The van der Waals surface area contributed by atoms with E-state index in [1.165, 1.54) is 5.56 Å². The van der Waals surface area contributed by atoms with Gasteiger partial charge in [0.25, 0.3) is 5.56 Å². The summed E-state index contributed by atoms with van der Waals surface area (Å²) in [7, 11) is 2.08. The first kappa shape index (κ1) is 13.3. The van der Waals surface area contributed by atoms with Crippen LogP contribution in [0.15, 0.2) is 10.9 Å². The van der Waals surface area contributed by atoms with Crippen molar-refractivity contribution in [3.63, 3.8) is 0 Å². The summed E-state index contributed by atoms with van der Waals surface area (Å²) in [4.78, 5) is 14.5. The second kappa shape index (κ2) is 5.65. The quantitative estimate of drug-likeness (QED) is 0.769. The van der Waals surface area contributed by atoms with Crippen LogP contribution in [-0.4, -0.2) is 34.8 Å². The predicted molar refractivity (Wildman–Crippen MR) is 70.3 cm³/mol. The van der Waals surface area contributed by atoms with Crippen molar-refractivity contribution >= 4 is 0 Å². The third-order valence-electron chi connectivity index (χ3n) is 3.50. The van der Waals surface area contributed by atoms with Crippen LogP contribution < -0.4 is 11.3 Å². The van der Waals surface area contributed by atoms with Crippen LogP contribution in [0.1, 0.15) is 23.2 Å². The smallest absolute Gasteiger partial charge is 0.255 e. The molecule has 0 aromatic carbocycles. The first-order valence-electron chi connectivity index (χ1n) is 6.41. The SMILES string of the molecule is CN1CCc2c(cc(CN)c(=O)n2CCCO)C1. The fraction of sp³-hybridized carbons (Fsp3) is 0.615. The molecule has 18 heavy (non-hydrogen) atoms. The number of rotatable bonds is 4. The summed E-state index contributed by atoms with van der Waals surface area (Å²) in [6, 6.07) is 1.95. The number of hydrogen-bond donors (Lipinski definition) is 2. The lowest BCUT2D eigenvalue weighted by Crippen LogP contribution is -2.36. The van der Waals surface area contributed by atoms with Gasteiger partial charge in [0.2, 0.25) is 0 Å². The zero-order chi connectivity index (χ0) is 13.1. The molecule has 0 saturated heterocycles. The average Bonchev–Trinajstić information content (AvgIpc) is 2.37. The van der Waals surface area contributed by atoms with Crippen molar-refractivity contribution in [2.24, 2.45) is 5.73 Å². The van der Waals surface area contributed by atoms with Crippen LogP contribution in [0.25, 0.3) is 0 Å². The molecule has 0 amide bonds. The molecule has 0 unspecified atom stereocenters. The van der Waals surface area contributed by atoms with Crippen molar-refractivity contribution in [3.8, 4) is 0 Å². The first-order valence-corrected chi connectivity index (χ1v) is 6.41. The summed E-state index contributed by atoms with van der Waals surface area (Å²) in [6.45, 7) is 2.79. The van der Waals surface area contributed by atoms with E-state index in [1.807, 2.05) is 6.07 Å². The third-order valence-corrected chi connectivity index (χ3v) is 3.50. The van der Waals surface area contributed by atoms with E-state index in [0.717, 1.165) is 25.2 Å². The van der Waals surface area contributed by atoms with Crippen LogP contribution in [0.5, 0.6) is 0 Å². The van der Waals surface area contributed by atoms with E-state index in [0.29, 0.717) is 18.5 Å². The Bertz CT molecular complexity index is 482. The highest BCUT2D eigenvalue weighted by Crippen LogP contribution is 2.17. The minimum atomic E-state index is 0.00857. The van der Waals surface area contributed by atoms with Crippen LogP contribution >= 0.6 is 0 Å². The van der Waals surface area contributed by atoms with Crippen molar-refractivity contribution < 1.29 is 5.11 Å². The molecule has 2 heterocycles. The molecule has 0 aliphatic carbocycles. The van der Waals surface area contributed by atoms with Gasteiger partial charge in [-0.05, 0) is 25.1 Å². The normalized spacial score (nSPS) is 15.7. The van der Waals surface area contributed by atoms with Crippen molar-refractivity contribution in [2.75, 3.05) is 20.2 Å². The standard InChI is InChI=1S/C13H21N3O2/c1-15-5-3-12-11(9-15)7-10(8-14)13(18)16(12)4-2-6-17/h7,17H,2-6,8-9,14H2,1H3. The molecule has 0 spiro atoms. The molecule has 5 heteroatoms. The number of hydrogen-bond acceptors (Lipinski definition) is 4. The van der Waals surface area contributed by atoms with E-state index in [2.05, 4.69) is 11.9 Å². The van der Waals surface area contributed by atoms with Crippen LogP contribution in [0.4, 0.5) is 0 Å². The molecule has 0 fully saturated rings. The van der Waals surface area contributed by atoms with Gasteiger partial charge in [-0.1, -0.05) is 0 Å². The van der Waals surface area contributed by atoms with Gasteiger partial charge in [-0.2, -0.15) is 0 Å². The molecule has 1 aromatic rings. The summed E-state index contributed by atoms with van der Waals surface area (Å²) in [6.07, 6.45) is 1.49. The monoisotopic (exact) mass is 251 g/mol. The number of aliphatic hydroxyl groups excluding tert-OH is 1. The van der Waals surface area contributed by atoms with Gasteiger partial charge in [0.05, 0.1) is 0 Å². The van der Waals surface area contributed by atoms with Gasteiger partial charge in [-0.25, -0.2) is 0 Å². The van der Waals surface area contributed by atoms with Gasteiger partial charge in [0.1, 0.15) is 0 Å². The van der Waals surface area contributed by atoms with Crippen molar-refractivity contribution in [3.05, 3.63) is 33.2 Å². The summed E-state index contributed by atoms with van der Waals surface area (Å²) in [5, 5.41) is 8.94. The van der Waals surface area contributed by atoms with E-state index in [1.54, 1.807) is 4.57 Å². The topological polar surface area (TPSA) is 71.5 Å². The Morgan fingerprint density at radius 2 is 2.28 bits per heavy atom. The van der Waals surface area contributed by atoms with Gasteiger partial charge < -0.3 is 20.3 Å². The average molecular weight is 251 g/mol. The number of pyridine rings is 1. The van der Waals surface area contributed by atoms with Gasteiger partial charge in [0.15, 0.2) is 0 Å². The first-order chi connectivity index (χ1) is 8.67. The third kappa shape index (κ3) is 2.48. The second-order valence-corrected chi connectivity index (χ2v) is 4.87. The molecule has 0 radical (unpaired) electrons. The highest BCUT2D eigenvalue weighted by Gasteiger charge is 2.19. The molecule has 0 bridgehead atoms. The zero-order valence-electron chi connectivity index (χ0n) is 10.9. The Labute approximate surface area is 107 Å². The Hall–Kier alpha value is -1.17. The van der Waals surface area contributed by atoms with Crippen molar-refractivity contribution in [1.82, 2.24) is 9.47 Å². The fourth-order valence-electron chi connectivity index (χ4n) is 2.54. The number of nitrogens with zero attached hydrogens (tertiary/aromatic N) is 2. The van der Waals surface area contributed by atoms with Gasteiger partial charge in [-0.15, -0.1) is 0 Å². The summed E-state index contributed by atoms with van der Waals surface area (Å²) >= 11 is 0. The highest BCUT2D eigenvalue weighted by molar-refractivity contribution is 5.29. The molecule has 3 N–H and O–H groups in total. The number of aromatic nitrogens is 1. The van der Waals surface area contributed by atoms with E-state index < -0.39 is 0 Å². The maximum absolute atomic E-state index is 12.2. The molecular weight excluding hydrogens is 230 g/mol. The van der Waals surface area contributed by atoms with Gasteiger partial charge >= 0.3 is 0 Å². The van der Waals surface area contributed by atoms with Gasteiger partial charge in [0, 0.05) is 50.5 Å². The highest BCUT2D eigenvalue weighted by atomic mass is 16.3. The summed E-state index contributed by atoms with van der Waals surface area (Å²) in [5.41, 5.74) is 8.63. The van der Waals surface area contributed by atoms with E-state index in [9.17, 15) is 4.79 Å². The minimum Gasteiger partial charge on any atom is -0.396 e. The summed E-state index contributed by atoms with van der Waals surface area (Å²) < 4.78 is 1.81. The van der Waals surface area contributed by atoms with Crippen LogP contribution in [0.3, 0.4) is 0 Å². The Morgan fingerprint density at radius 1 is 1.50 bits per heavy atom. The molecule has 1 aliphatic rings. The largest absolute Gasteiger partial charge is 0.396 e. The molecule has 1 aromatic heterocycles. The minimum absolute atomic E-state index is 0.00857. The molecule has 2 rings (SSSR count). The van der Waals surface area contributed by atoms with E-state index in [4.69, 9.17) is 10.8 Å².